The highest BCUT2D eigenvalue weighted by Gasteiger charge is 2.10. The molecule has 3 nitrogen and oxygen atoms in total. The Kier molecular flexibility index (Phi) is 3.98. The Morgan fingerprint density at radius 3 is 2.37 bits per heavy atom. The number of benzene rings is 2. The lowest BCUT2D eigenvalue weighted by Crippen LogP contribution is -2.00. The molecule has 0 radical (unpaired) electrons. The van der Waals surface area contributed by atoms with Crippen LogP contribution in [-0.2, 0) is 0 Å². The molecule has 0 bridgehead atoms. The summed E-state index contributed by atoms with van der Waals surface area (Å²) < 4.78 is 5.02. The Morgan fingerprint density at radius 2 is 1.74 bits per heavy atom. The van der Waals surface area contributed by atoms with Crippen LogP contribution in [0.3, 0.4) is 0 Å². The van der Waals surface area contributed by atoms with Crippen LogP contribution in [-0.4, -0.2) is 18.2 Å². The summed E-state index contributed by atoms with van der Waals surface area (Å²) in [5.74, 6) is -0.629. The van der Waals surface area contributed by atoms with Crippen LogP contribution in [0.1, 0.15) is 21.5 Å². The topological polar surface area (TPSA) is 46.5 Å². The number of hydrogen-bond donors (Lipinski definition) is 1. The average Bonchev–Trinajstić information content (AvgIpc) is 2.46. The summed E-state index contributed by atoms with van der Waals surface area (Å²) in [6.45, 7) is 0. The van der Waals surface area contributed by atoms with Crippen molar-refractivity contribution in [2.75, 3.05) is 7.11 Å². The average molecular weight is 254 g/mol. The number of carboxylic acids is 1. The van der Waals surface area contributed by atoms with E-state index >= 15 is 0 Å². The van der Waals surface area contributed by atoms with Crippen LogP contribution < -0.4 is 4.74 Å². The van der Waals surface area contributed by atoms with Gasteiger partial charge in [0.05, 0.1) is 7.11 Å². The monoisotopic (exact) mass is 254 g/mol. The Hall–Kier alpha value is -2.55. The van der Waals surface area contributed by atoms with Crippen molar-refractivity contribution in [3.8, 4) is 5.75 Å². The summed E-state index contributed by atoms with van der Waals surface area (Å²) >= 11 is 0. The molecule has 0 aliphatic carbocycles. The Morgan fingerprint density at radius 1 is 1.05 bits per heavy atom. The molecular formula is C16H14O3. The molecule has 0 heterocycles. The van der Waals surface area contributed by atoms with Crippen LogP contribution in [0.25, 0.3) is 12.2 Å². The van der Waals surface area contributed by atoms with Crippen LogP contribution in [0.4, 0.5) is 0 Å². The first kappa shape index (κ1) is 12.9. The number of carboxylic acid groups (broad SMARTS) is 1. The Balaban J connectivity index is 2.29. The van der Waals surface area contributed by atoms with Crippen molar-refractivity contribution in [1.29, 1.82) is 0 Å². The highest BCUT2D eigenvalue weighted by molar-refractivity contribution is 5.92. The molecule has 2 aromatic carbocycles. The number of rotatable bonds is 4. The third-order valence-corrected chi connectivity index (χ3v) is 2.72. The number of hydrogen-bond acceptors (Lipinski definition) is 2. The van der Waals surface area contributed by atoms with Crippen LogP contribution in [0.2, 0.25) is 0 Å². The second-order valence-corrected chi connectivity index (χ2v) is 4.01. The SMILES string of the molecule is COc1ccc(/C=C/c2ccccc2)cc1C(=O)O. The molecule has 2 aromatic rings. The summed E-state index contributed by atoms with van der Waals surface area (Å²) in [7, 11) is 1.46. The fourth-order valence-electron chi connectivity index (χ4n) is 1.75. The molecule has 0 aliphatic heterocycles. The second kappa shape index (κ2) is 5.87. The Labute approximate surface area is 111 Å². The number of carbonyl (C=O) groups is 1. The molecule has 0 aliphatic rings. The summed E-state index contributed by atoms with van der Waals surface area (Å²) in [6.07, 6.45) is 3.81. The zero-order valence-electron chi connectivity index (χ0n) is 10.5. The smallest absolute Gasteiger partial charge is 0.339 e. The van der Waals surface area contributed by atoms with E-state index in [1.165, 1.54) is 7.11 Å². The van der Waals surface area contributed by atoms with Gasteiger partial charge in [-0.2, -0.15) is 0 Å². The van der Waals surface area contributed by atoms with Gasteiger partial charge >= 0.3 is 5.97 Å². The molecule has 2 rings (SSSR count). The number of methoxy groups -OCH3 is 1. The van der Waals surface area contributed by atoms with Gasteiger partial charge in [-0.25, -0.2) is 4.79 Å². The molecule has 0 saturated carbocycles. The minimum absolute atomic E-state index is 0.165. The van der Waals surface area contributed by atoms with Gasteiger partial charge in [0, 0.05) is 0 Å². The van der Waals surface area contributed by atoms with E-state index in [0.717, 1.165) is 11.1 Å². The lowest BCUT2D eigenvalue weighted by Gasteiger charge is -2.05. The fraction of sp³-hybridized carbons (Fsp3) is 0.0625. The molecule has 0 amide bonds. The molecule has 0 atom stereocenters. The number of aromatic carboxylic acids is 1. The van der Waals surface area contributed by atoms with E-state index in [-0.39, 0.29) is 5.56 Å². The van der Waals surface area contributed by atoms with E-state index in [2.05, 4.69) is 0 Å². The lowest BCUT2D eigenvalue weighted by atomic mass is 10.1. The maximum atomic E-state index is 11.1. The first-order chi connectivity index (χ1) is 9.20. The third-order valence-electron chi connectivity index (χ3n) is 2.72. The summed E-state index contributed by atoms with van der Waals surface area (Å²) in [5, 5.41) is 9.10. The largest absolute Gasteiger partial charge is 0.496 e. The van der Waals surface area contributed by atoms with Gasteiger partial charge in [0.25, 0.3) is 0 Å². The van der Waals surface area contributed by atoms with Gasteiger partial charge < -0.3 is 9.84 Å². The lowest BCUT2D eigenvalue weighted by molar-refractivity contribution is 0.0693. The van der Waals surface area contributed by atoms with Crippen molar-refractivity contribution < 1.29 is 14.6 Å². The van der Waals surface area contributed by atoms with Gasteiger partial charge in [-0.15, -0.1) is 0 Å². The molecular weight excluding hydrogens is 240 g/mol. The molecule has 1 N–H and O–H groups in total. The van der Waals surface area contributed by atoms with Gasteiger partial charge in [-0.1, -0.05) is 48.6 Å². The standard InChI is InChI=1S/C16H14O3/c1-19-15-10-9-13(11-14(15)16(17)18)8-7-12-5-3-2-4-6-12/h2-11H,1H3,(H,17,18)/b8-7+. The molecule has 0 aromatic heterocycles. The highest BCUT2D eigenvalue weighted by atomic mass is 16.5. The summed E-state index contributed by atoms with van der Waals surface area (Å²) in [6, 6.07) is 14.9. The van der Waals surface area contributed by atoms with E-state index < -0.39 is 5.97 Å². The van der Waals surface area contributed by atoms with Crippen molar-refractivity contribution in [2.45, 2.75) is 0 Å². The van der Waals surface area contributed by atoms with Gasteiger partial charge in [0.2, 0.25) is 0 Å². The van der Waals surface area contributed by atoms with Crippen LogP contribution in [0, 0.1) is 0 Å². The van der Waals surface area contributed by atoms with Crippen LogP contribution in [0.5, 0.6) is 5.75 Å². The molecule has 0 fully saturated rings. The fourth-order valence-corrected chi connectivity index (χ4v) is 1.75. The van der Waals surface area contributed by atoms with Gasteiger partial charge in [-0.3, -0.25) is 0 Å². The maximum Gasteiger partial charge on any atom is 0.339 e. The minimum Gasteiger partial charge on any atom is -0.496 e. The molecule has 3 heteroatoms. The predicted molar refractivity (Wildman–Crippen MR) is 75.3 cm³/mol. The van der Waals surface area contributed by atoms with Crippen LogP contribution in [0.15, 0.2) is 48.5 Å². The van der Waals surface area contributed by atoms with Gasteiger partial charge in [0.1, 0.15) is 11.3 Å². The van der Waals surface area contributed by atoms with Crippen molar-refractivity contribution in [1.82, 2.24) is 0 Å². The van der Waals surface area contributed by atoms with Crippen molar-refractivity contribution in [3.05, 3.63) is 65.2 Å². The molecule has 0 saturated heterocycles. The van der Waals surface area contributed by atoms with E-state index in [4.69, 9.17) is 9.84 Å². The summed E-state index contributed by atoms with van der Waals surface area (Å²) in [4.78, 5) is 11.1. The van der Waals surface area contributed by atoms with Crippen LogP contribution >= 0.6 is 0 Å². The quantitative estimate of drug-likeness (QED) is 0.848. The minimum atomic E-state index is -0.994. The third kappa shape index (κ3) is 3.22. The molecule has 19 heavy (non-hydrogen) atoms. The van der Waals surface area contributed by atoms with Crippen molar-refractivity contribution >= 4 is 18.1 Å². The van der Waals surface area contributed by atoms with E-state index in [1.54, 1.807) is 12.1 Å². The van der Waals surface area contributed by atoms with E-state index in [1.807, 2.05) is 48.6 Å². The van der Waals surface area contributed by atoms with Gasteiger partial charge in [-0.05, 0) is 23.3 Å². The second-order valence-electron chi connectivity index (χ2n) is 4.01. The van der Waals surface area contributed by atoms with Crippen molar-refractivity contribution in [3.63, 3.8) is 0 Å². The molecule has 0 spiro atoms. The first-order valence-electron chi connectivity index (χ1n) is 5.85. The van der Waals surface area contributed by atoms with E-state index in [0.29, 0.717) is 5.75 Å². The number of ether oxygens (including phenoxy) is 1. The normalized spacial score (nSPS) is 10.6. The zero-order chi connectivity index (χ0) is 13.7. The van der Waals surface area contributed by atoms with Gasteiger partial charge in [0.15, 0.2) is 0 Å². The molecule has 0 unspecified atom stereocenters. The summed E-state index contributed by atoms with van der Waals surface area (Å²) in [5.41, 5.74) is 2.05. The zero-order valence-corrected chi connectivity index (χ0v) is 10.5. The van der Waals surface area contributed by atoms with Crippen molar-refractivity contribution in [2.24, 2.45) is 0 Å². The Bertz CT molecular complexity index is 601. The maximum absolute atomic E-state index is 11.1. The van der Waals surface area contributed by atoms with E-state index in [9.17, 15) is 4.79 Å². The predicted octanol–water partition coefficient (Wildman–Crippen LogP) is 3.56. The highest BCUT2D eigenvalue weighted by Crippen LogP contribution is 2.21. The first-order valence-corrected chi connectivity index (χ1v) is 5.85. The molecule has 96 valence electrons.